The molecule has 1 aliphatic carbocycles. The van der Waals surface area contributed by atoms with Crippen molar-refractivity contribution in [2.24, 2.45) is 7.05 Å². The van der Waals surface area contributed by atoms with Gasteiger partial charge in [-0.2, -0.15) is 10.1 Å². The lowest BCUT2D eigenvalue weighted by Crippen LogP contribution is -2.20. The maximum Gasteiger partial charge on any atom is 0.231 e. The molecular weight excluding hydrogens is 352 g/mol. The highest BCUT2D eigenvalue weighted by atomic mass is 16.5. The van der Waals surface area contributed by atoms with E-state index in [9.17, 15) is 0 Å². The Bertz CT molecular complexity index is 914. The van der Waals surface area contributed by atoms with Gasteiger partial charge in [0, 0.05) is 62.7 Å². The quantitative estimate of drug-likeness (QED) is 0.679. The summed E-state index contributed by atoms with van der Waals surface area (Å²) in [6.45, 7) is 2.73. The van der Waals surface area contributed by atoms with Gasteiger partial charge in [-0.1, -0.05) is 24.1 Å². The summed E-state index contributed by atoms with van der Waals surface area (Å²) < 4.78 is 7.65. The monoisotopic (exact) mass is 378 g/mol. The lowest BCUT2D eigenvalue weighted by molar-refractivity contribution is 0.308. The smallest absolute Gasteiger partial charge is 0.231 e. The number of hydrogen-bond acceptors (Lipinski definition) is 6. The molecule has 0 spiro atoms. The summed E-state index contributed by atoms with van der Waals surface area (Å²) in [6, 6.07) is 4.17. The molecule has 1 saturated heterocycles. The molecule has 4 heterocycles. The fourth-order valence-corrected chi connectivity index (χ4v) is 4.76. The number of aryl methyl sites for hydroxylation is 1. The molecule has 7 nitrogen and oxygen atoms in total. The highest BCUT2D eigenvalue weighted by Gasteiger charge is 2.39. The highest BCUT2D eigenvalue weighted by molar-refractivity contribution is 5.23. The van der Waals surface area contributed by atoms with E-state index < -0.39 is 0 Å². The SMILES string of the molecule is Cn1cc(CN2C[C@@H](c3cccnc3)[C@H](c3nc(C4CCCC4)no3)C2)cn1. The topological polar surface area (TPSA) is 72.9 Å². The third kappa shape index (κ3) is 3.46. The Morgan fingerprint density at radius 2 is 2.00 bits per heavy atom. The van der Waals surface area contributed by atoms with Crippen LogP contribution in [0.15, 0.2) is 41.4 Å². The van der Waals surface area contributed by atoms with E-state index in [1.165, 1.54) is 36.8 Å². The summed E-state index contributed by atoms with van der Waals surface area (Å²) in [5, 5.41) is 8.65. The molecule has 7 heteroatoms. The Morgan fingerprint density at radius 3 is 2.75 bits per heavy atom. The molecule has 0 bridgehead atoms. The molecule has 0 aromatic carbocycles. The van der Waals surface area contributed by atoms with Gasteiger partial charge >= 0.3 is 0 Å². The number of likely N-dealkylation sites (tertiary alicyclic amines) is 1. The van der Waals surface area contributed by atoms with Crippen molar-refractivity contribution in [3.05, 3.63) is 59.8 Å². The molecule has 3 aromatic rings. The van der Waals surface area contributed by atoms with E-state index in [1.54, 1.807) is 0 Å². The Hall–Kier alpha value is -2.54. The van der Waals surface area contributed by atoms with Crippen LogP contribution in [0.25, 0.3) is 0 Å². The summed E-state index contributed by atoms with van der Waals surface area (Å²) >= 11 is 0. The van der Waals surface area contributed by atoms with Gasteiger partial charge in [0.2, 0.25) is 5.89 Å². The van der Waals surface area contributed by atoms with E-state index in [2.05, 4.69) is 32.4 Å². The van der Waals surface area contributed by atoms with Crippen LogP contribution in [-0.2, 0) is 13.6 Å². The fraction of sp³-hybridized carbons (Fsp3) is 0.524. The number of hydrogen-bond donors (Lipinski definition) is 0. The maximum atomic E-state index is 5.79. The normalized spacial score (nSPS) is 23.6. The average Bonchev–Trinajstić information content (AvgIpc) is 3.49. The molecule has 5 rings (SSSR count). The first kappa shape index (κ1) is 17.6. The van der Waals surface area contributed by atoms with E-state index in [0.29, 0.717) is 11.8 Å². The lowest BCUT2D eigenvalue weighted by atomic mass is 9.90. The zero-order valence-corrected chi connectivity index (χ0v) is 16.2. The number of nitrogens with zero attached hydrogens (tertiary/aromatic N) is 6. The van der Waals surface area contributed by atoms with Crippen LogP contribution in [0.3, 0.4) is 0 Å². The van der Waals surface area contributed by atoms with Gasteiger partial charge in [0.1, 0.15) is 0 Å². The predicted molar refractivity (Wildman–Crippen MR) is 104 cm³/mol. The summed E-state index contributed by atoms with van der Waals surface area (Å²) in [6.07, 6.45) is 12.7. The highest BCUT2D eigenvalue weighted by Crippen LogP contribution is 2.40. The van der Waals surface area contributed by atoms with Crippen LogP contribution in [0.5, 0.6) is 0 Å². The van der Waals surface area contributed by atoms with Gasteiger partial charge in [0.05, 0.1) is 12.1 Å². The number of aromatic nitrogens is 5. The lowest BCUT2D eigenvalue weighted by Gasteiger charge is -2.15. The van der Waals surface area contributed by atoms with Gasteiger partial charge in [-0.3, -0.25) is 14.6 Å². The van der Waals surface area contributed by atoms with Crippen LogP contribution < -0.4 is 0 Å². The van der Waals surface area contributed by atoms with Gasteiger partial charge in [0.15, 0.2) is 5.82 Å². The second-order valence-corrected chi connectivity index (χ2v) is 8.19. The minimum atomic E-state index is 0.198. The Labute approximate surface area is 164 Å². The van der Waals surface area contributed by atoms with Crippen LogP contribution in [-0.4, -0.2) is 42.9 Å². The van der Waals surface area contributed by atoms with Crippen LogP contribution >= 0.6 is 0 Å². The molecule has 2 aliphatic rings. The first-order chi connectivity index (χ1) is 13.8. The van der Waals surface area contributed by atoms with Crippen molar-refractivity contribution in [1.29, 1.82) is 0 Å². The van der Waals surface area contributed by atoms with Crippen molar-refractivity contribution in [3.8, 4) is 0 Å². The maximum absolute atomic E-state index is 5.79. The van der Waals surface area contributed by atoms with Gasteiger partial charge < -0.3 is 4.52 Å². The minimum Gasteiger partial charge on any atom is -0.339 e. The van der Waals surface area contributed by atoms with Gasteiger partial charge in [-0.15, -0.1) is 0 Å². The van der Waals surface area contributed by atoms with Gasteiger partial charge in [-0.05, 0) is 24.5 Å². The van der Waals surface area contributed by atoms with E-state index in [-0.39, 0.29) is 5.92 Å². The Kier molecular flexibility index (Phi) is 4.68. The molecule has 0 unspecified atom stereocenters. The zero-order chi connectivity index (χ0) is 18.9. The van der Waals surface area contributed by atoms with Crippen molar-refractivity contribution in [3.63, 3.8) is 0 Å². The minimum absolute atomic E-state index is 0.198. The molecule has 0 N–H and O–H groups in total. The van der Waals surface area contributed by atoms with Crippen molar-refractivity contribution >= 4 is 0 Å². The molecule has 0 amide bonds. The standard InChI is InChI=1S/C21H26N6O/c1-26-11-15(9-23-26)12-27-13-18(17-7-4-8-22-10-17)19(14-27)21-24-20(25-28-21)16-5-2-3-6-16/h4,7-11,16,18-19H,2-3,5-6,12-14H2,1H3/t18-,19+/m0/s1. The van der Waals surface area contributed by atoms with E-state index >= 15 is 0 Å². The zero-order valence-electron chi connectivity index (χ0n) is 16.2. The molecule has 0 radical (unpaired) electrons. The first-order valence-corrected chi connectivity index (χ1v) is 10.2. The number of rotatable bonds is 5. The van der Waals surface area contributed by atoms with Gasteiger partial charge in [-0.25, -0.2) is 0 Å². The van der Waals surface area contributed by atoms with Gasteiger partial charge in [0.25, 0.3) is 0 Å². The number of pyridine rings is 1. The van der Waals surface area contributed by atoms with Crippen molar-refractivity contribution < 1.29 is 4.52 Å². The Balaban J connectivity index is 1.40. The summed E-state index contributed by atoms with van der Waals surface area (Å²) in [5.74, 6) is 2.67. The predicted octanol–water partition coefficient (Wildman–Crippen LogP) is 3.24. The van der Waals surface area contributed by atoms with Crippen LogP contribution in [0, 0.1) is 0 Å². The van der Waals surface area contributed by atoms with Crippen molar-refractivity contribution in [2.45, 2.75) is 50.0 Å². The second kappa shape index (κ2) is 7.47. The molecule has 2 atom stereocenters. The third-order valence-electron chi connectivity index (χ3n) is 6.17. The van der Waals surface area contributed by atoms with E-state index in [0.717, 1.165) is 31.3 Å². The fourth-order valence-electron chi connectivity index (χ4n) is 4.76. The molecule has 3 aromatic heterocycles. The largest absolute Gasteiger partial charge is 0.339 e. The Morgan fingerprint density at radius 1 is 1.14 bits per heavy atom. The summed E-state index contributed by atoms with van der Waals surface area (Å²) in [4.78, 5) is 11.7. The van der Waals surface area contributed by atoms with E-state index in [4.69, 9.17) is 9.51 Å². The van der Waals surface area contributed by atoms with E-state index in [1.807, 2.05) is 36.4 Å². The molecular formula is C21H26N6O. The first-order valence-electron chi connectivity index (χ1n) is 10.2. The molecule has 28 heavy (non-hydrogen) atoms. The van der Waals surface area contributed by atoms with Crippen LogP contribution in [0.2, 0.25) is 0 Å². The van der Waals surface area contributed by atoms with Crippen LogP contribution in [0.1, 0.15) is 66.3 Å². The van der Waals surface area contributed by atoms with Crippen molar-refractivity contribution in [2.75, 3.05) is 13.1 Å². The molecule has 2 fully saturated rings. The third-order valence-corrected chi connectivity index (χ3v) is 6.17. The summed E-state index contributed by atoms with van der Waals surface area (Å²) in [7, 11) is 1.96. The summed E-state index contributed by atoms with van der Waals surface area (Å²) in [5.41, 5.74) is 2.46. The van der Waals surface area contributed by atoms with Crippen LogP contribution in [0.4, 0.5) is 0 Å². The molecule has 146 valence electrons. The second-order valence-electron chi connectivity index (χ2n) is 8.19. The average molecular weight is 378 g/mol. The molecule has 1 saturated carbocycles. The molecule has 1 aliphatic heterocycles. The van der Waals surface area contributed by atoms with Crippen molar-refractivity contribution in [1.82, 2.24) is 29.8 Å².